The van der Waals surface area contributed by atoms with Crippen molar-refractivity contribution in [3.8, 4) is 6.07 Å². The van der Waals surface area contributed by atoms with E-state index in [-0.39, 0.29) is 17.0 Å². The maximum Gasteiger partial charge on any atom is 0.275 e. The molecule has 6 heteroatoms. The fourth-order valence-electron chi connectivity index (χ4n) is 2.53. The molecule has 0 atom stereocenters. The summed E-state index contributed by atoms with van der Waals surface area (Å²) >= 11 is 0. The Labute approximate surface area is 164 Å². The molecule has 1 heterocycles. The van der Waals surface area contributed by atoms with Crippen LogP contribution in [0.5, 0.6) is 0 Å². The van der Waals surface area contributed by atoms with Crippen LogP contribution in [0.25, 0.3) is 0 Å². The number of benzene rings is 2. The normalized spacial score (nSPS) is 10.8. The zero-order valence-electron chi connectivity index (χ0n) is 16.0. The zero-order valence-corrected chi connectivity index (χ0v) is 16.0. The van der Waals surface area contributed by atoms with Crippen LogP contribution in [0.15, 0.2) is 60.9 Å². The zero-order chi connectivity index (χ0) is 20.1. The third-order valence-electron chi connectivity index (χ3n) is 4.18. The van der Waals surface area contributed by atoms with Crippen LogP contribution in [-0.4, -0.2) is 15.9 Å². The largest absolute Gasteiger partial charge is 0.339 e. The molecule has 0 radical (unpaired) electrons. The van der Waals surface area contributed by atoms with Crippen molar-refractivity contribution in [2.24, 2.45) is 0 Å². The fraction of sp³-hybridized carbons (Fsp3) is 0.182. The summed E-state index contributed by atoms with van der Waals surface area (Å²) in [5.74, 6) is 0.191. The van der Waals surface area contributed by atoms with Gasteiger partial charge in [-0.2, -0.15) is 5.26 Å². The van der Waals surface area contributed by atoms with E-state index in [1.54, 1.807) is 24.3 Å². The number of rotatable bonds is 4. The van der Waals surface area contributed by atoms with E-state index < -0.39 is 0 Å². The molecule has 6 nitrogen and oxygen atoms in total. The Morgan fingerprint density at radius 3 is 2.11 bits per heavy atom. The molecule has 3 rings (SSSR count). The summed E-state index contributed by atoms with van der Waals surface area (Å²) in [7, 11) is 0. The highest BCUT2D eigenvalue weighted by Gasteiger charge is 2.13. The first-order valence-electron chi connectivity index (χ1n) is 8.86. The first kappa shape index (κ1) is 19.1. The van der Waals surface area contributed by atoms with E-state index >= 15 is 0 Å². The van der Waals surface area contributed by atoms with E-state index in [4.69, 9.17) is 5.26 Å². The van der Waals surface area contributed by atoms with Gasteiger partial charge in [0.1, 0.15) is 11.5 Å². The van der Waals surface area contributed by atoms with Crippen LogP contribution in [0.2, 0.25) is 0 Å². The lowest BCUT2D eigenvalue weighted by Gasteiger charge is -2.19. The number of nitrogens with one attached hydrogen (secondary N) is 2. The predicted octanol–water partition coefficient (Wildman–Crippen LogP) is 4.64. The first-order valence-corrected chi connectivity index (χ1v) is 8.86. The van der Waals surface area contributed by atoms with Crippen molar-refractivity contribution in [2.45, 2.75) is 26.2 Å². The Morgan fingerprint density at radius 2 is 1.57 bits per heavy atom. The maximum atomic E-state index is 12.3. The van der Waals surface area contributed by atoms with Crippen LogP contribution >= 0.6 is 0 Å². The van der Waals surface area contributed by atoms with Gasteiger partial charge in [0.2, 0.25) is 0 Å². The third-order valence-corrected chi connectivity index (χ3v) is 4.18. The number of aromatic nitrogens is 2. The molecule has 0 aliphatic heterocycles. The van der Waals surface area contributed by atoms with Crippen molar-refractivity contribution >= 4 is 23.1 Å². The van der Waals surface area contributed by atoms with Gasteiger partial charge >= 0.3 is 0 Å². The van der Waals surface area contributed by atoms with Crippen LogP contribution in [-0.2, 0) is 5.41 Å². The minimum Gasteiger partial charge on any atom is -0.339 e. The molecular weight excluding hydrogens is 350 g/mol. The number of amides is 1. The van der Waals surface area contributed by atoms with Crippen LogP contribution < -0.4 is 10.6 Å². The summed E-state index contributed by atoms with van der Waals surface area (Å²) in [6, 6.07) is 16.8. The van der Waals surface area contributed by atoms with Crippen molar-refractivity contribution in [1.29, 1.82) is 5.26 Å². The Balaban J connectivity index is 1.64. The lowest BCUT2D eigenvalue weighted by atomic mass is 9.87. The maximum absolute atomic E-state index is 12.3. The molecule has 0 unspecified atom stereocenters. The smallest absolute Gasteiger partial charge is 0.275 e. The highest BCUT2D eigenvalue weighted by atomic mass is 16.1. The highest BCUT2D eigenvalue weighted by Crippen LogP contribution is 2.24. The van der Waals surface area contributed by atoms with Gasteiger partial charge in [-0.05, 0) is 47.4 Å². The first-order chi connectivity index (χ1) is 13.3. The quantitative estimate of drug-likeness (QED) is 0.697. The molecule has 0 bridgehead atoms. The number of hydrogen-bond acceptors (Lipinski definition) is 5. The van der Waals surface area contributed by atoms with E-state index in [1.807, 2.05) is 18.2 Å². The molecule has 0 spiro atoms. The highest BCUT2D eigenvalue weighted by molar-refractivity contribution is 6.02. The van der Waals surface area contributed by atoms with Crippen molar-refractivity contribution in [3.63, 3.8) is 0 Å². The number of carbonyl (C=O) groups excluding carboxylic acids is 1. The van der Waals surface area contributed by atoms with Crippen LogP contribution in [0.3, 0.4) is 0 Å². The molecule has 0 aliphatic rings. The Kier molecular flexibility index (Phi) is 5.37. The molecule has 2 aromatic carbocycles. The Hall–Kier alpha value is -3.72. The van der Waals surface area contributed by atoms with Crippen molar-refractivity contribution in [2.75, 3.05) is 10.6 Å². The Bertz CT molecular complexity index is 995. The summed E-state index contributed by atoms with van der Waals surface area (Å²) in [4.78, 5) is 20.7. The van der Waals surface area contributed by atoms with Crippen LogP contribution in [0.4, 0.5) is 17.2 Å². The lowest BCUT2D eigenvalue weighted by molar-refractivity contribution is 0.102. The number of carbonyl (C=O) groups is 1. The molecule has 0 aliphatic carbocycles. The van der Waals surface area contributed by atoms with E-state index in [9.17, 15) is 4.79 Å². The van der Waals surface area contributed by atoms with Gasteiger partial charge in [-0.1, -0.05) is 32.9 Å². The summed E-state index contributed by atoms with van der Waals surface area (Å²) in [5, 5.41) is 14.7. The minimum absolute atomic E-state index is 0.0995. The topological polar surface area (TPSA) is 90.7 Å². The van der Waals surface area contributed by atoms with Gasteiger partial charge in [0.25, 0.3) is 5.91 Å². The molecule has 28 heavy (non-hydrogen) atoms. The van der Waals surface area contributed by atoms with Crippen molar-refractivity contribution in [1.82, 2.24) is 9.97 Å². The van der Waals surface area contributed by atoms with E-state index in [1.165, 1.54) is 18.0 Å². The summed E-state index contributed by atoms with van der Waals surface area (Å²) in [6.45, 7) is 6.51. The number of nitriles is 1. The SMILES string of the molecule is CC(C)(C)c1ccc(Nc2cnc(C(=O)Nc3ccc(C#N)cc3)cn2)cc1. The van der Waals surface area contributed by atoms with Gasteiger partial charge in [0, 0.05) is 11.4 Å². The molecular formula is C22H21N5O. The van der Waals surface area contributed by atoms with Gasteiger partial charge < -0.3 is 10.6 Å². The van der Waals surface area contributed by atoms with Crippen molar-refractivity contribution < 1.29 is 4.79 Å². The molecule has 0 saturated carbocycles. The standard InChI is InChI=1S/C22H21N5O/c1-22(2,3)16-6-10-17(11-7-16)26-20-14-24-19(13-25-20)21(28)27-18-8-4-15(12-23)5-9-18/h4-11,13-14H,1-3H3,(H,25,26)(H,27,28). The number of anilines is 3. The second kappa shape index (κ2) is 7.89. The van der Waals surface area contributed by atoms with Gasteiger partial charge in [0.05, 0.1) is 24.0 Å². The van der Waals surface area contributed by atoms with Gasteiger partial charge in [-0.15, -0.1) is 0 Å². The average molecular weight is 371 g/mol. The molecule has 1 amide bonds. The second-order valence-electron chi connectivity index (χ2n) is 7.38. The minimum atomic E-state index is -0.363. The van der Waals surface area contributed by atoms with Gasteiger partial charge in [0.15, 0.2) is 0 Å². The molecule has 0 fully saturated rings. The van der Waals surface area contributed by atoms with Gasteiger partial charge in [-0.3, -0.25) is 4.79 Å². The second-order valence-corrected chi connectivity index (χ2v) is 7.38. The van der Waals surface area contributed by atoms with Crippen LogP contribution in [0, 0.1) is 11.3 Å². The monoisotopic (exact) mass is 371 g/mol. The van der Waals surface area contributed by atoms with E-state index in [0.717, 1.165) is 5.69 Å². The fourth-order valence-corrected chi connectivity index (χ4v) is 2.53. The molecule has 140 valence electrons. The number of nitrogens with zero attached hydrogens (tertiary/aromatic N) is 3. The Morgan fingerprint density at radius 1 is 0.929 bits per heavy atom. The van der Waals surface area contributed by atoms with E-state index in [2.05, 4.69) is 53.5 Å². The summed E-state index contributed by atoms with van der Waals surface area (Å²) < 4.78 is 0. The van der Waals surface area contributed by atoms with Crippen molar-refractivity contribution in [3.05, 3.63) is 77.7 Å². The molecule has 3 aromatic rings. The average Bonchev–Trinajstić information content (AvgIpc) is 2.69. The van der Waals surface area contributed by atoms with E-state index in [0.29, 0.717) is 17.1 Å². The third kappa shape index (κ3) is 4.71. The van der Waals surface area contributed by atoms with Gasteiger partial charge in [-0.25, -0.2) is 9.97 Å². The molecule has 0 saturated heterocycles. The lowest BCUT2D eigenvalue weighted by Crippen LogP contribution is -2.14. The number of hydrogen-bond donors (Lipinski definition) is 2. The summed E-state index contributed by atoms with van der Waals surface area (Å²) in [5.41, 5.74) is 3.58. The van der Waals surface area contributed by atoms with Crippen LogP contribution in [0.1, 0.15) is 42.4 Å². The predicted molar refractivity (Wildman–Crippen MR) is 110 cm³/mol. The molecule has 1 aromatic heterocycles. The summed E-state index contributed by atoms with van der Waals surface area (Å²) in [6.07, 6.45) is 2.94. The molecule has 2 N–H and O–H groups in total.